The van der Waals surface area contributed by atoms with Gasteiger partial charge in [0.25, 0.3) is 0 Å². The van der Waals surface area contributed by atoms with Crippen LogP contribution in [0.25, 0.3) is 0 Å². The van der Waals surface area contributed by atoms with Crippen LogP contribution >= 0.6 is 0 Å². The number of hydrogen-bond acceptors (Lipinski definition) is 2. The van der Waals surface area contributed by atoms with Crippen molar-refractivity contribution in [3.8, 4) is 0 Å². The number of halogens is 3. The highest BCUT2D eigenvalue weighted by Crippen LogP contribution is 2.21. The summed E-state index contributed by atoms with van der Waals surface area (Å²) in [7, 11) is -1.63. The summed E-state index contributed by atoms with van der Waals surface area (Å²) in [5.74, 6) is -2.16. The average molecular weight is 285 g/mol. The van der Waals surface area contributed by atoms with E-state index in [1.807, 2.05) is 0 Å². The number of nitrogen functional groups attached to an aromatic ring is 1. The second-order valence-corrected chi connectivity index (χ2v) is 5.33. The average Bonchev–Trinajstić information content (AvgIpc) is 2.32. The summed E-state index contributed by atoms with van der Waals surface area (Å²) in [4.78, 5) is 0.227. The molecule has 0 spiro atoms. The van der Waals surface area contributed by atoms with Crippen molar-refractivity contribution in [3.05, 3.63) is 59.4 Å². The molecule has 1 unspecified atom stereocenters. The van der Waals surface area contributed by atoms with Gasteiger partial charge in [-0.3, -0.25) is 4.21 Å². The van der Waals surface area contributed by atoms with Gasteiger partial charge in [-0.25, -0.2) is 13.2 Å². The van der Waals surface area contributed by atoms with Crippen LogP contribution in [0.2, 0.25) is 0 Å². The molecule has 0 aromatic heterocycles. The minimum absolute atomic E-state index is 0.0425. The zero-order chi connectivity index (χ0) is 14.0. The maximum atomic E-state index is 13.4. The molecule has 0 aliphatic heterocycles. The fourth-order valence-corrected chi connectivity index (χ4v) is 2.80. The SMILES string of the molecule is Nc1cc(F)ccc1S(=O)Cc1ccc(F)cc1F. The molecular weight excluding hydrogens is 275 g/mol. The van der Waals surface area contributed by atoms with Crippen LogP contribution in [0.4, 0.5) is 18.9 Å². The number of nitrogens with two attached hydrogens (primary N) is 1. The van der Waals surface area contributed by atoms with Crippen molar-refractivity contribution in [2.45, 2.75) is 10.6 Å². The Morgan fingerprint density at radius 2 is 1.63 bits per heavy atom. The van der Waals surface area contributed by atoms with E-state index in [1.54, 1.807) is 0 Å². The van der Waals surface area contributed by atoms with Gasteiger partial charge >= 0.3 is 0 Å². The maximum absolute atomic E-state index is 13.4. The second kappa shape index (κ2) is 5.44. The van der Waals surface area contributed by atoms with Crippen LogP contribution < -0.4 is 5.73 Å². The predicted molar refractivity (Wildman–Crippen MR) is 67.3 cm³/mol. The topological polar surface area (TPSA) is 43.1 Å². The molecule has 2 aromatic carbocycles. The van der Waals surface area contributed by atoms with Crippen molar-refractivity contribution in [1.29, 1.82) is 0 Å². The fourth-order valence-electron chi connectivity index (χ4n) is 1.58. The van der Waals surface area contributed by atoms with E-state index in [1.165, 1.54) is 12.1 Å². The monoisotopic (exact) mass is 285 g/mol. The van der Waals surface area contributed by atoms with E-state index in [2.05, 4.69) is 0 Å². The summed E-state index contributed by atoms with van der Waals surface area (Å²) in [6.45, 7) is 0. The quantitative estimate of drug-likeness (QED) is 0.881. The summed E-state index contributed by atoms with van der Waals surface area (Å²) < 4.78 is 51.1. The van der Waals surface area contributed by atoms with Gasteiger partial charge in [0.2, 0.25) is 0 Å². The van der Waals surface area contributed by atoms with Crippen molar-refractivity contribution in [3.63, 3.8) is 0 Å². The highest BCUT2D eigenvalue weighted by molar-refractivity contribution is 7.84. The predicted octanol–water partition coefficient (Wildman–Crippen LogP) is 2.99. The Kier molecular flexibility index (Phi) is 3.90. The molecular formula is C13H10F3NOS. The summed E-state index contributed by atoms with van der Waals surface area (Å²) in [5.41, 5.74) is 5.71. The molecule has 0 amide bonds. The summed E-state index contributed by atoms with van der Waals surface area (Å²) in [6, 6.07) is 6.51. The first-order valence-corrected chi connectivity index (χ1v) is 6.66. The number of benzene rings is 2. The molecule has 2 nitrogen and oxygen atoms in total. The van der Waals surface area contributed by atoms with Crippen molar-refractivity contribution in [1.82, 2.24) is 0 Å². The molecule has 2 aromatic rings. The normalized spacial score (nSPS) is 12.4. The smallest absolute Gasteiger partial charge is 0.130 e. The van der Waals surface area contributed by atoms with Gasteiger partial charge in [-0.2, -0.15) is 0 Å². The Hall–Kier alpha value is -1.82. The number of rotatable bonds is 3. The molecule has 0 fully saturated rings. The minimum Gasteiger partial charge on any atom is -0.398 e. The van der Waals surface area contributed by atoms with Crippen LogP contribution in [0.5, 0.6) is 0 Å². The standard InChI is InChI=1S/C13H10F3NOS/c14-9-2-1-8(11(16)5-9)7-19(18)13-4-3-10(15)6-12(13)17/h1-6H,7,17H2. The van der Waals surface area contributed by atoms with E-state index in [0.717, 1.165) is 24.3 Å². The van der Waals surface area contributed by atoms with E-state index < -0.39 is 28.3 Å². The second-order valence-electron chi connectivity index (χ2n) is 3.91. The highest BCUT2D eigenvalue weighted by Gasteiger charge is 2.12. The van der Waals surface area contributed by atoms with Crippen LogP contribution in [-0.2, 0) is 16.6 Å². The Balaban J connectivity index is 2.25. The van der Waals surface area contributed by atoms with Crippen molar-refractivity contribution in [2.24, 2.45) is 0 Å². The summed E-state index contributed by atoms with van der Waals surface area (Å²) >= 11 is 0. The lowest BCUT2D eigenvalue weighted by Crippen LogP contribution is -2.03. The molecule has 0 radical (unpaired) electrons. The number of hydrogen-bond donors (Lipinski definition) is 1. The van der Waals surface area contributed by atoms with Gasteiger partial charge in [0.15, 0.2) is 0 Å². The van der Waals surface area contributed by atoms with Gasteiger partial charge in [-0.1, -0.05) is 6.07 Å². The van der Waals surface area contributed by atoms with Crippen LogP contribution in [-0.4, -0.2) is 4.21 Å². The molecule has 0 heterocycles. The zero-order valence-corrected chi connectivity index (χ0v) is 10.5. The molecule has 1 atom stereocenters. The van der Waals surface area contributed by atoms with Gasteiger partial charge in [0, 0.05) is 11.6 Å². The molecule has 0 bridgehead atoms. The lowest BCUT2D eigenvalue weighted by atomic mass is 10.2. The van der Waals surface area contributed by atoms with Crippen LogP contribution in [0.15, 0.2) is 41.3 Å². The Labute approximate surface area is 110 Å². The Bertz CT molecular complexity index is 646. The van der Waals surface area contributed by atoms with Crippen LogP contribution in [0.3, 0.4) is 0 Å². The van der Waals surface area contributed by atoms with Crippen molar-refractivity contribution in [2.75, 3.05) is 5.73 Å². The molecule has 2 N–H and O–H groups in total. The number of anilines is 1. The molecule has 0 aliphatic rings. The lowest BCUT2D eigenvalue weighted by Gasteiger charge is -2.07. The van der Waals surface area contributed by atoms with Gasteiger partial charge in [-0.15, -0.1) is 0 Å². The van der Waals surface area contributed by atoms with Gasteiger partial charge in [-0.05, 0) is 24.3 Å². The van der Waals surface area contributed by atoms with Gasteiger partial charge in [0.05, 0.1) is 27.1 Å². The summed E-state index contributed by atoms with van der Waals surface area (Å²) in [6.07, 6.45) is 0. The molecule has 2 rings (SSSR count). The minimum atomic E-state index is -1.63. The first-order chi connectivity index (χ1) is 8.97. The third kappa shape index (κ3) is 3.14. The molecule has 0 aliphatic carbocycles. The van der Waals surface area contributed by atoms with Crippen LogP contribution in [0, 0.1) is 17.5 Å². The summed E-state index contributed by atoms with van der Waals surface area (Å²) in [5, 5.41) is 0. The van der Waals surface area contributed by atoms with Crippen LogP contribution in [0.1, 0.15) is 5.56 Å². The highest BCUT2D eigenvalue weighted by atomic mass is 32.2. The van der Waals surface area contributed by atoms with Gasteiger partial charge < -0.3 is 5.73 Å². The van der Waals surface area contributed by atoms with E-state index in [-0.39, 0.29) is 21.9 Å². The van der Waals surface area contributed by atoms with Gasteiger partial charge in [0.1, 0.15) is 17.5 Å². The Morgan fingerprint density at radius 3 is 2.26 bits per heavy atom. The zero-order valence-electron chi connectivity index (χ0n) is 9.70. The molecule has 0 saturated carbocycles. The van der Waals surface area contributed by atoms with E-state index in [0.29, 0.717) is 0 Å². The third-order valence-corrected chi connectivity index (χ3v) is 3.95. The lowest BCUT2D eigenvalue weighted by molar-refractivity contribution is 0.575. The molecule has 19 heavy (non-hydrogen) atoms. The molecule has 6 heteroatoms. The van der Waals surface area contributed by atoms with E-state index in [9.17, 15) is 17.4 Å². The largest absolute Gasteiger partial charge is 0.398 e. The third-order valence-electron chi connectivity index (χ3n) is 2.52. The first kappa shape index (κ1) is 13.6. The van der Waals surface area contributed by atoms with Crippen molar-refractivity contribution < 1.29 is 17.4 Å². The molecule has 0 saturated heterocycles. The van der Waals surface area contributed by atoms with E-state index in [4.69, 9.17) is 5.73 Å². The molecule has 100 valence electrons. The first-order valence-electron chi connectivity index (χ1n) is 5.34. The Morgan fingerprint density at radius 1 is 1.00 bits per heavy atom. The van der Waals surface area contributed by atoms with Crippen molar-refractivity contribution >= 4 is 16.5 Å². The van der Waals surface area contributed by atoms with E-state index >= 15 is 0 Å². The maximum Gasteiger partial charge on any atom is 0.130 e. The fraction of sp³-hybridized carbons (Fsp3) is 0.0769.